The van der Waals surface area contributed by atoms with Gasteiger partial charge in [0, 0.05) is 0 Å². The Balaban J connectivity index is 2.93. The lowest BCUT2D eigenvalue weighted by atomic mass is 10.2. The first-order chi connectivity index (χ1) is 5.68. The van der Waals surface area contributed by atoms with Gasteiger partial charge < -0.3 is 5.73 Å². The van der Waals surface area contributed by atoms with E-state index in [2.05, 4.69) is 14.3 Å². The van der Waals surface area contributed by atoms with E-state index < -0.39 is 0 Å². The van der Waals surface area contributed by atoms with E-state index in [1.54, 1.807) is 0 Å². The first-order valence-corrected chi connectivity index (χ1v) is 4.32. The van der Waals surface area contributed by atoms with Crippen LogP contribution in [0.5, 0.6) is 0 Å². The summed E-state index contributed by atoms with van der Waals surface area (Å²) in [6.07, 6.45) is 0. The normalized spacial score (nSPS) is 10.8. The highest BCUT2D eigenvalue weighted by molar-refractivity contribution is 7.13. The molecule has 0 aliphatic heterocycles. The molecule has 0 saturated carbocycles. The molecule has 2 N–H and O–H groups in total. The second-order valence-corrected chi connectivity index (χ2v) is 3.37. The van der Waals surface area contributed by atoms with Crippen molar-refractivity contribution in [2.75, 3.05) is 5.73 Å². The number of hydrogen-bond donors (Lipinski definition) is 1. The van der Waals surface area contributed by atoms with Gasteiger partial charge in [-0.2, -0.15) is 4.37 Å². The third-order valence-electron chi connectivity index (χ3n) is 1.70. The molecule has 4 nitrogen and oxygen atoms in total. The molecule has 0 aliphatic rings. The zero-order chi connectivity index (χ0) is 8.72. The number of rotatable bonds is 0. The molecule has 0 spiro atoms. The van der Waals surface area contributed by atoms with Gasteiger partial charge in [0.2, 0.25) is 5.95 Å². The minimum absolute atomic E-state index is 0.323. The van der Waals surface area contributed by atoms with E-state index in [4.69, 9.17) is 5.73 Å². The van der Waals surface area contributed by atoms with Gasteiger partial charge in [0.05, 0.1) is 16.8 Å². The largest absolute Gasteiger partial charge is 0.368 e. The van der Waals surface area contributed by atoms with Crippen LogP contribution < -0.4 is 5.73 Å². The zero-order valence-electron chi connectivity index (χ0n) is 6.83. The van der Waals surface area contributed by atoms with E-state index >= 15 is 0 Å². The predicted octanol–water partition coefficient (Wildman–Crippen LogP) is 1.29. The standard InChI is InChI=1S/C7H8N4S/c1-3-5-4(2)11-12-6(5)10-7(8)9-3/h1-2H3,(H2,8,9,10). The lowest BCUT2D eigenvalue weighted by Crippen LogP contribution is -1.96. The predicted molar refractivity (Wildman–Crippen MR) is 49.1 cm³/mol. The second-order valence-electron chi connectivity index (χ2n) is 2.62. The van der Waals surface area contributed by atoms with E-state index in [1.165, 1.54) is 11.5 Å². The molecule has 0 atom stereocenters. The Hall–Kier alpha value is -1.23. The molecular weight excluding hydrogens is 172 g/mol. The first kappa shape index (κ1) is 7.42. The Labute approximate surface area is 73.6 Å². The summed E-state index contributed by atoms with van der Waals surface area (Å²) in [4.78, 5) is 9.02. The summed E-state index contributed by atoms with van der Waals surface area (Å²) >= 11 is 1.36. The van der Waals surface area contributed by atoms with Crippen molar-refractivity contribution in [3.05, 3.63) is 11.4 Å². The fraction of sp³-hybridized carbons (Fsp3) is 0.286. The smallest absolute Gasteiger partial charge is 0.221 e. The third-order valence-corrected chi connectivity index (χ3v) is 2.54. The molecule has 0 unspecified atom stereocenters. The molecule has 2 heterocycles. The molecular formula is C7H8N4S. The van der Waals surface area contributed by atoms with Crippen LogP contribution in [-0.2, 0) is 0 Å². The molecule has 0 aliphatic carbocycles. The van der Waals surface area contributed by atoms with Gasteiger partial charge in [-0.15, -0.1) is 0 Å². The van der Waals surface area contributed by atoms with Crippen molar-refractivity contribution < 1.29 is 0 Å². The quantitative estimate of drug-likeness (QED) is 0.663. The van der Waals surface area contributed by atoms with Crippen LogP contribution in [0.2, 0.25) is 0 Å². The highest BCUT2D eigenvalue weighted by Crippen LogP contribution is 2.22. The van der Waals surface area contributed by atoms with Crippen molar-refractivity contribution in [3.8, 4) is 0 Å². The Morgan fingerprint density at radius 3 is 2.67 bits per heavy atom. The number of aryl methyl sites for hydroxylation is 2. The monoisotopic (exact) mass is 180 g/mol. The summed E-state index contributed by atoms with van der Waals surface area (Å²) in [6.45, 7) is 3.87. The summed E-state index contributed by atoms with van der Waals surface area (Å²) in [5.41, 5.74) is 7.38. The molecule has 5 heteroatoms. The molecule has 0 amide bonds. The molecule has 2 aromatic rings. The number of aromatic nitrogens is 3. The number of hydrogen-bond acceptors (Lipinski definition) is 5. The van der Waals surface area contributed by atoms with E-state index in [-0.39, 0.29) is 0 Å². The Morgan fingerprint density at radius 1 is 1.17 bits per heavy atom. The maximum absolute atomic E-state index is 5.49. The molecule has 0 radical (unpaired) electrons. The minimum atomic E-state index is 0.323. The average Bonchev–Trinajstić information content (AvgIpc) is 2.31. The maximum Gasteiger partial charge on any atom is 0.221 e. The van der Waals surface area contributed by atoms with Gasteiger partial charge in [0.15, 0.2) is 0 Å². The van der Waals surface area contributed by atoms with Crippen LogP contribution >= 0.6 is 11.5 Å². The molecule has 12 heavy (non-hydrogen) atoms. The molecule has 2 rings (SSSR count). The molecule has 62 valence electrons. The average molecular weight is 180 g/mol. The van der Waals surface area contributed by atoms with Crippen LogP contribution in [0, 0.1) is 13.8 Å². The van der Waals surface area contributed by atoms with E-state index in [1.807, 2.05) is 13.8 Å². The second kappa shape index (κ2) is 2.38. The highest BCUT2D eigenvalue weighted by atomic mass is 32.1. The van der Waals surface area contributed by atoms with Gasteiger partial charge in [0.25, 0.3) is 0 Å². The highest BCUT2D eigenvalue weighted by Gasteiger charge is 2.07. The van der Waals surface area contributed by atoms with Crippen LogP contribution in [0.25, 0.3) is 10.2 Å². The molecule has 0 bridgehead atoms. The Kier molecular flexibility index (Phi) is 1.47. The van der Waals surface area contributed by atoms with Gasteiger partial charge >= 0.3 is 0 Å². The van der Waals surface area contributed by atoms with Gasteiger partial charge in [0.1, 0.15) is 4.83 Å². The van der Waals surface area contributed by atoms with Crippen molar-refractivity contribution in [1.82, 2.24) is 14.3 Å². The number of nitrogens with zero attached hydrogens (tertiary/aromatic N) is 3. The Bertz CT molecular complexity index is 434. The van der Waals surface area contributed by atoms with Crippen LogP contribution in [-0.4, -0.2) is 14.3 Å². The number of nitrogens with two attached hydrogens (primary N) is 1. The summed E-state index contributed by atoms with van der Waals surface area (Å²) in [5, 5.41) is 1.04. The fourth-order valence-corrected chi connectivity index (χ4v) is 2.04. The van der Waals surface area contributed by atoms with Crippen molar-refractivity contribution in [3.63, 3.8) is 0 Å². The summed E-state index contributed by atoms with van der Waals surface area (Å²) in [7, 11) is 0. The van der Waals surface area contributed by atoms with Crippen LogP contribution in [0.1, 0.15) is 11.4 Å². The number of fused-ring (bicyclic) bond motifs is 1. The van der Waals surface area contributed by atoms with Crippen molar-refractivity contribution in [2.24, 2.45) is 0 Å². The van der Waals surface area contributed by atoms with Crippen LogP contribution in [0.4, 0.5) is 5.95 Å². The van der Waals surface area contributed by atoms with E-state index in [0.29, 0.717) is 5.95 Å². The van der Waals surface area contributed by atoms with Gasteiger partial charge in [-0.05, 0) is 25.4 Å². The topological polar surface area (TPSA) is 64.7 Å². The van der Waals surface area contributed by atoms with Gasteiger partial charge in [-0.1, -0.05) is 0 Å². The molecule has 0 saturated heterocycles. The van der Waals surface area contributed by atoms with Crippen LogP contribution in [0.3, 0.4) is 0 Å². The minimum Gasteiger partial charge on any atom is -0.368 e. The summed E-state index contributed by atoms with van der Waals surface area (Å²) in [5.74, 6) is 0.323. The van der Waals surface area contributed by atoms with Gasteiger partial charge in [-0.3, -0.25) is 0 Å². The molecule has 2 aromatic heterocycles. The van der Waals surface area contributed by atoms with Crippen molar-refractivity contribution in [2.45, 2.75) is 13.8 Å². The summed E-state index contributed by atoms with van der Waals surface area (Å²) < 4.78 is 4.18. The molecule has 0 fully saturated rings. The SMILES string of the molecule is Cc1nsc2nc(N)nc(C)c12. The lowest BCUT2D eigenvalue weighted by Gasteiger charge is -1.96. The fourth-order valence-electron chi connectivity index (χ4n) is 1.21. The van der Waals surface area contributed by atoms with Gasteiger partial charge in [-0.25, -0.2) is 9.97 Å². The van der Waals surface area contributed by atoms with E-state index in [9.17, 15) is 0 Å². The summed E-state index contributed by atoms with van der Waals surface area (Å²) in [6, 6.07) is 0. The maximum atomic E-state index is 5.49. The van der Waals surface area contributed by atoms with Crippen molar-refractivity contribution >= 4 is 27.7 Å². The zero-order valence-corrected chi connectivity index (χ0v) is 7.64. The first-order valence-electron chi connectivity index (χ1n) is 3.54. The Morgan fingerprint density at radius 2 is 1.92 bits per heavy atom. The van der Waals surface area contributed by atoms with E-state index in [0.717, 1.165) is 21.6 Å². The van der Waals surface area contributed by atoms with Crippen LogP contribution in [0.15, 0.2) is 0 Å². The number of anilines is 1. The third kappa shape index (κ3) is 0.937. The molecule has 0 aromatic carbocycles. The lowest BCUT2D eigenvalue weighted by molar-refractivity contribution is 1.17. The van der Waals surface area contributed by atoms with Crippen molar-refractivity contribution in [1.29, 1.82) is 0 Å². The number of nitrogen functional groups attached to an aromatic ring is 1.